The van der Waals surface area contributed by atoms with E-state index in [4.69, 9.17) is 0 Å². The van der Waals surface area contributed by atoms with Gasteiger partial charge in [-0.3, -0.25) is 0 Å². The van der Waals surface area contributed by atoms with Gasteiger partial charge >= 0.3 is 18.0 Å². The fourth-order valence-electron chi connectivity index (χ4n) is 1.66. The number of hydrogen-bond donors (Lipinski definition) is 0. The van der Waals surface area contributed by atoms with Gasteiger partial charge in [0.1, 0.15) is 0 Å². The van der Waals surface area contributed by atoms with Crippen molar-refractivity contribution < 1.29 is 30.7 Å². The minimum atomic E-state index is -6.31. The minimum Gasteiger partial charge on any atom is -0.194 e. The summed E-state index contributed by atoms with van der Waals surface area (Å²) in [5, 5.41) is 0. The van der Waals surface area contributed by atoms with Gasteiger partial charge in [-0.2, -0.15) is 30.7 Å². The van der Waals surface area contributed by atoms with E-state index in [0.717, 1.165) is 12.5 Å². The topological polar surface area (TPSA) is 0 Å². The Morgan fingerprint density at radius 1 is 0.950 bits per heavy atom. The lowest BCUT2D eigenvalue weighted by Gasteiger charge is -2.28. The summed E-state index contributed by atoms with van der Waals surface area (Å²) >= 11 is 0. The highest BCUT2D eigenvalue weighted by Crippen LogP contribution is 2.51. The van der Waals surface area contributed by atoms with E-state index in [0.29, 0.717) is 30.5 Å². The van der Waals surface area contributed by atoms with Gasteiger partial charge in [-0.25, -0.2) is 0 Å². The molecule has 0 unspecified atom stereocenters. The van der Waals surface area contributed by atoms with E-state index in [2.05, 4.69) is 0 Å². The zero-order valence-corrected chi connectivity index (χ0v) is 10.6. The Balaban J connectivity index is 3.15. The van der Waals surface area contributed by atoms with Gasteiger partial charge in [-0.1, -0.05) is 31.5 Å². The zero-order chi connectivity index (χ0) is 15.6. The molecule has 0 spiro atoms. The third-order valence-electron chi connectivity index (χ3n) is 2.86. The molecule has 0 heterocycles. The molecule has 0 atom stereocenters. The standard InChI is InChI=1S/C13H13F7/c1-2-3-5-9-6-4-7-10(8-9)11(14,15)12(16,17)13(18,19)20/h4,6-8H,2-3,5H2,1H3. The Bertz CT molecular complexity index is 448. The predicted molar refractivity (Wildman–Crippen MR) is 60.0 cm³/mol. The van der Waals surface area contributed by atoms with Gasteiger partial charge in [-0.05, 0) is 24.5 Å². The summed E-state index contributed by atoms with van der Waals surface area (Å²) in [6, 6.07) is 3.76. The van der Waals surface area contributed by atoms with E-state index in [9.17, 15) is 30.7 Å². The van der Waals surface area contributed by atoms with Crippen LogP contribution in [0.15, 0.2) is 24.3 Å². The summed E-state index contributed by atoms with van der Waals surface area (Å²) in [6.45, 7) is 1.84. The third kappa shape index (κ3) is 3.07. The van der Waals surface area contributed by atoms with Crippen LogP contribution >= 0.6 is 0 Å². The molecule has 0 N–H and O–H groups in total. The van der Waals surface area contributed by atoms with E-state index in [1.807, 2.05) is 6.92 Å². The van der Waals surface area contributed by atoms with E-state index in [1.54, 1.807) is 0 Å². The van der Waals surface area contributed by atoms with Gasteiger partial charge in [-0.15, -0.1) is 0 Å². The maximum absolute atomic E-state index is 13.5. The van der Waals surface area contributed by atoms with Crippen molar-refractivity contribution in [2.45, 2.75) is 44.2 Å². The van der Waals surface area contributed by atoms with Crippen LogP contribution in [0.5, 0.6) is 0 Å². The molecule has 0 aromatic heterocycles. The van der Waals surface area contributed by atoms with Gasteiger partial charge in [0.05, 0.1) is 0 Å². The Kier molecular flexibility index (Phi) is 4.71. The minimum absolute atomic E-state index is 0.307. The molecule has 1 aromatic carbocycles. The number of rotatable bonds is 5. The number of hydrogen-bond acceptors (Lipinski definition) is 0. The normalized spacial score (nSPS) is 13.6. The lowest BCUT2D eigenvalue weighted by Crippen LogP contribution is -2.50. The fourth-order valence-corrected chi connectivity index (χ4v) is 1.66. The number of aryl methyl sites for hydroxylation is 1. The molecule has 0 saturated carbocycles. The highest BCUT2D eigenvalue weighted by atomic mass is 19.4. The molecule has 1 aromatic rings. The van der Waals surface area contributed by atoms with Crippen molar-refractivity contribution in [2.75, 3.05) is 0 Å². The first-order valence-electron chi connectivity index (χ1n) is 5.95. The second kappa shape index (κ2) is 5.61. The average Bonchev–Trinajstić information content (AvgIpc) is 2.35. The Morgan fingerprint density at radius 2 is 1.55 bits per heavy atom. The smallest absolute Gasteiger partial charge is 0.194 e. The molecule has 0 saturated heterocycles. The van der Waals surface area contributed by atoms with Gasteiger partial charge < -0.3 is 0 Å². The number of halogens is 7. The average molecular weight is 302 g/mol. The number of alkyl halides is 7. The predicted octanol–water partition coefficient (Wildman–Crippen LogP) is 5.32. The molecule has 0 aliphatic carbocycles. The van der Waals surface area contributed by atoms with Crippen LogP contribution in [-0.4, -0.2) is 12.1 Å². The van der Waals surface area contributed by atoms with Gasteiger partial charge in [0.25, 0.3) is 0 Å². The maximum Gasteiger partial charge on any atom is 0.460 e. The summed E-state index contributed by atoms with van der Waals surface area (Å²) in [5.41, 5.74) is -1.02. The highest BCUT2D eigenvalue weighted by Gasteiger charge is 2.73. The van der Waals surface area contributed by atoms with Crippen molar-refractivity contribution in [3.8, 4) is 0 Å². The van der Waals surface area contributed by atoms with Crippen LogP contribution in [0.25, 0.3) is 0 Å². The van der Waals surface area contributed by atoms with Crippen molar-refractivity contribution in [2.24, 2.45) is 0 Å². The van der Waals surface area contributed by atoms with Gasteiger partial charge in [0.2, 0.25) is 0 Å². The fraction of sp³-hybridized carbons (Fsp3) is 0.538. The summed E-state index contributed by atoms with van der Waals surface area (Å²) in [6.07, 6.45) is -4.59. The summed E-state index contributed by atoms with van der Waals surface area (Å²) in [7, 11) is 0. The quantitative estimate of drug-likeness (QED) is 0.646. The van der Waals surface area contributed by atoms with Crippen LogP contribution < -0.4 is 0 Å². The summed E-state index contributed by atoms with van der Waals surface area (Å²) < 4.78 is 89.0. The van der Waals surface area contributed by atoms with Crippen LogP contribution in [0, 0.1) is 0 Å². The van der Waals surface area contributed by atoms with Gasteiger partial charge in [0.15, 0.2) is 0 Å². The molecule has 114 valence electrons. The van der Waals surface area contributed by atoms with Gasteiger partial charge in [0, 0.05) is 5.56 Å². The van der Waals surface area contributed by atoms with Crippen LogP contribution in [0.2, 0.25) is 0 Å². The van der Waals surface area contributed by atoms with Crippen molar-refractivity contribution >= 4 is 0 Å². The van der Waals surface area contributed by atoms with Crippen molar-refractivity contribution in [3.05, 3.63) is 35.4 Å². The monoisotopic (exact) mass is 302 g/mol. The Hall–Kier alpha value is -1.27. The first kappa shape index (κ1) is 16.8. The second-order valence-corrected chi connectivity index (χ2v) is 4.45. The molecule has 0 fully saturated rings. The van der Waals surface area contributed by atoms with E-state index in [-0.39, 0.29) is 0 Å². The first-order chi connectivity index (χ1) is 9.04. The van der Waals surface area contributed by atoms with Crippen molar-refractivity contribution in [1.29, 1.82) is 0 Å². The molecule has 7 heteroatoms. The molecular weight excluding hydrogens is 289 g/mol. The molecular formula is C13H13F7. The number of benzene rings is 1. The molecule has 0 amide bonds. The van der Waals surface area contributed by atoms with E-state index in [1.165, 1.54) is 6.07 Å². The van der Waals surface area contributed by atoms with Crippen LogP contribution in [0.1, 0.15) is 30.9 Å². The first-order valence-corrected chi connectivity index (χ1v) is 5.95. The molecule has 0 bridgehead atoms. The summed E-state index contributed by atoms with van der Waals surface area (Å²) in [5.74, 6) is -11.4. The maximum atomic E-state index is 13.5. The molecule has 20 heavy (non-hydrogen) atoms. The molecule has 0 aliphatic rings. The SMILES string of the molecule is CCCCc1cccc(C(F)(F)C(F)(F)C(F)(F)F)c1. The molecule has 0 nitrogen and oxygen atoms in total. The lowest BCUT2D eigenvalue weighted by atomic mass is 9.98. The van der Waals surface area contributed by atoms with E-state index < -0.39 is 23.6 Å². The molecule has 1 rings (SSSR count). The third-order valence-corrected chi connectivity index (χ3v) is 2.86. The van der Waals surface area contributed by atoms with E-state index >= 15 is 0 Å². The molecule has 0 radical (unpaired) electrons. The van der Waals surface area contributed by atoms with Crippen molar-refractivity contribution in [3.63, 3.8) is 0 Å². The molecule has 0 aliphatic heterocycles. The van der Waals surface area contributed by atoms with Crippen LogP contribution in [0.4, 0.5) is 30.7 Å². The summed E-state index contributed by atoms with van der Waals surface area (Å²) in [4.78, 5) is 0. The van der Waals surface area contributed by atoms with Crippen LogP contribution in [0.3, 0.4) is 0 Å². The van der Waals surface area contributed by atoms with Crippen LogP contribution in [-0.2, 0) is 12.3 Å². The second-order valence-electron chi connectivity index (χ2n) is 4.45. The lowest BCUT2D eigenvalue weighted by molar-refractivity contribution is -0.359. The zero-order valence-electron chi connectivity index (χ0n) is 10.6. The largest absolute Gasteiger partial charge is 0.460 e. The Morgan fingerprint density at radius 3 is 2.05 bits per heavy atom. The number of unbranched alkanes of at least 4 members (excludes halogenated alkanes) is 1. The highest BCUT2D eigenvalue weighted by molar-refractivity contribution is 5.29. The Labute approximate surface area is 111 Å². The van der Waals surface area contributed by atoms with Crippen molar-refractivity contribution in [1.82, 2.24) is 0 Å².